The van der Waals surface area contributed by atoms with Crippen molar-refractivity contribution in [1.82, 2.24) is 0 Å². The van der Waals surface area contributed by atoms with Gasteiger partial charge in [0.25, 0.3) is 0 Å². The first-order chi connectivity index (χ1) is 24.3. The maximum Gasteiger partial charge on any atom is 0.0543 e. The van der Waals surface area contributed by atoms with E-state index in [4.69, 9.17) is 0 Å². The van der Waals surface area contributed by atoms with Crippen LogP contribution in [0.25, 0.3) is 53.6 Å². The van der Waals surface area contributed by atoms with Gasteiger partial charge < -0.3 is 4.90 Å². The fourth-order valence-corrected chi connectivity index (χ4v) is 9.99. The summed E-state index contributed by atoms with van der Waals surface area (Å²) < 4.78 is 2.67. The third-order valence-corrected chi connectivity index (χ3v) is 12.6. The molecule has 2 aliphatic rings. The van der Waals surface area contributed by atoms with E-state index in [1.165, 1.54) is 87.2 Å². The van der Waals surface area contributed by atoms with Crippen LogP contribution < -0.4 is 4.90 Å². The Morgan fingerprint density at radius 2 is 1.02 bits per heavy atom. The Balaban J connectivity index is 0.00000348. The number of hydrogen-bond acceptors (Lipinski definition) is 2. The molecular weight excluding hydrogens is 635 g/mol. The van der Waals surface area contributed by atoms with Crippen LogP contribution in [0.15, 0.2) is 152 Å². The number of fused-ring (bicyclic) bond motifs is 9. The van der Waals surface area contributed by atoms with Gasteiger partial charge in [0.05, 0.1) is 5.69 Å². The lowest BCUT2D eigenvalue weighted by Gasteiger charge is -2.30. The fourth-order valence-electron chi connectivity index (χ4n) is 8.90. The SMILES string of the molecule is C.CC1(C)c2ccccc2-c2cc(N(c3ccc(-c4ccc5sc6ccccc6c5c4)cc3)c3cccc4c3-c3ccccc3C4(C)C)ccc21. The summed E-state index contributed by atoms with van der Waals surface area (Å²) in [4.78, 5) is 2.49. The van der Waals surface area contributed by atoms with Crippen molar-refractivity contribution < 1.29 is 0 Å². The number of thiophene rings is 1. The highest BCUT2D eigenvalue weighted by molar-refractivity contribution is 7.25. The van der Waals surface area contributed by atoms with Crippen LogP contribution in [0.4, 0.5) is 17.1 Å². The molecule has 0 saturated heterocycles. The predicted molar refractivity (Wildman–Crippen MR) is 221 cm³/mol. The van der Waals surface area contributed by atoms with Gasteiger partial charge in [0.1, 0.15) is 0 Å². The van der Waals surface area contributed by atoms with Gasteiger partial charge in [0.2, 0.25) is 0 Å². The highest BCUT2D eigenvalue weighted by atomic mass is 32.1. The number of rotatable bonds is 4. The van der Waals surface area contributed by atoms with Crippen molar-refractivity contribution in [3.63, 3.8) is 0 Å². The smallest absolute Gasteiger partial charge is 0.0543 e. The summed E-state index contributed by atoms with van der Waals surface area (Å²) >= 11 is 1.87. The Morgan fingerprint density at radius 3 is 1.82 bits per heavy atom. The maximum absolute atomic E-state index is 2.49. The summed E-state index contributed by atoms with van der Waals surface area (Å²) in [6.07, 6.45) is 0. The molecule has 2 heteroatoms. The molecular formula is C49H41NS. The van der Waals surface area contributed by atoms with Crippen LogP contribution in [0.3, 0.4) is 0 Å². The molecule has 7 aromatic carbocycles. The highest BCUT2D eigenvalue weighted by Crippen LogP contribution is 2.55. The molecule has 1 heterocycles. The highest BCUT2D eigenvalue weighted by Gasteiger charge is 2.39. The first-order valence-corrected chi connectivity index (χ1v) is 18.4. The third kappa shape index (κ3) is 4.52. The van der Waals surface area contributed by atoms with Gasteiger partial charge in [-0.05, 0) is 98.6 Å². The standard InChI is InChI=1S/C48H37NS.CH4/c1-47(2)39-15-8-5-12-34(39)37-29-33(25-26-41(37)47)49(43-18-11-17-42-46(43)36-14-6-9-16-40(36)48(42,3)4)32-23-20-30(21-24-32)31-22-27-45-38(28-31)35-13-7-10-19-44(35)50-45;/h5-29H,1-4H3;1H4. The molecule has 0 bridgehead atoms. The van der Waals surface area contributed by atoms with Crippen LogP contribution in [0, 0.1) is 0 Å². The summed E-state index contributed by atoms with van der Waals surface area (Å²) in [7, 11) is 0. The zero-order chi connectivity index (χ0) is 33.8. The lowest BCUT2D eigenvalue weighted by Crippen LogP contribution is -2.16. The first kappa shape index (κ1) is 31.5. The molecule has 51 heavy (non-hydrogen) atoms. The van der Waals surface area contributed by atoms with Crippen molar-refractivity contribution in [3.05, 3.63) is 174 Å². The molecule has 0 radical (unpaired) electrons. The topological polar surface area (TPSA) is 3.24 Å². The maximum atomic E-state index is 2.49. The summed E-state index contributed by atoms with van der Waals surface area (Å²) in [5, 5.41) is 2.66. The molecule has 0 amide bonds. The molecule has 0 unspecified atom stereocenters. The fraction of sp³-hybridized carbons (Fsp3) is 0.143. The second-order valence-electron chi connectivity index (χ2n) is 15.0. The van der Waals surface area contributed by atoms with Crippen molar-refractivity contribution in [1.29, 1.82) is 0 Å². The number of hydrogen-bond donors (Lipinski definition) is 0. The Morgan fingerprint density at radius 1 is 0.431 bits per heavy atom. The summed E-state index contributed by atoms with van der Waals surface area (Å²) in [6, 6.07) is 56.8. The van der Waals surface area contributed by atoms with Crippen molar-refractivity contribution in [2.24, 2.45) is 0 Å². The van der Waals surface area contributed by atoms with Gasteiger partial charge in [0.15, 0.2) is 0 Å². The van der Waals surface area contributed by atoms with Crippen molar-refractivity contribution in [2.45, 2.75) is 46.0 Å². The molecule has 10 rings (SSSR count). The third-order valence-electron chi connectivity index (χ3n) is 11.5. The lowest BCUT2D eigenvalue weighted by atomic mass is 9.82. The molecule has 0 fully saturated rings. The van der Waals surface area contributed by atoms with Crippen molar-refractivity contribution in [3.8, 4) is 33.4 Å². The molecule has 1 aromatic heterocycles. The number of anilines is 3. The van der Waals surface area contributed by atoms with E-state index in [1.54, 1.807) is 0 Å². The van der Waals surface area contributed by atoms with Gasteiger partial charge in [-0.2, -0.15) is 0 Å². The normalized spacial score (nSPS) is 14.4. The molecule has 0 saturated carbocycles. The quantitative estimate of drug-likeness (QED) is 0.179. The van der Waals surface area contributed by atoms with Gasteiger partial charge in [0, 0.05) is 47.9 Å². The molecule has 1 nitrogen and oxygen atoms in total. The molecule has 0 aliphatic heterocycles. The predicted octanol–water partition coefficient (Wildman–Crippen LogP) is 14.4. The van der Waals surface area contributed by atoms with Crippen LogP contribution in [-0.4, -0.2) is 0 Å². The molecule has 0 atom stereocenters. The minimum atomic E-state index is -0.0805. The summed E-state index contributed by atoms with van der Waals surface area (Å²) in [5.74, 6) is 0. The Kier molecular flexibility index (Phi) is 6.98. The van der Waals surface area contributed by atoms with Gasteiger partial charge in [-0.1, -0.05) is 138 Å². The minimum absolute atomic E-state index is 0. The second kappa shape index (κ2) is 11.3. The molecule has 0 spiro atoms. The van der Waals surface area contributed by atoms with Gasteiger partial charge in [-0.15, -0.1) is 11.3 Å². The number of benzene rings is 7. The molecule has 2 aliphatic carbocycles. The van der Waals surface area contributed by atoms with Crippen LogP contribution in [0.1, 0.15) is 57.4 Å². The van der Waals surface area contributed by atoms with E-state index in [9.17, 15) is 0 Å². The minimum Gasteiger partial charge on any atom is -0.310 e. The first-order valence-electron chi connectivity index (χ1n) is 17.6. The van der Waals surface area contributed by atoms with Crippen LogP contribution in [0.2, 0.25) is 0 Å². The van der Waals surface area contributed by atoms with Crippen molar-refractivity contribution in [2.75, 3.05) is 4.90 Å². The summed E-state index contributed by atoms with van der Waals surface area (Å²) in [5.41, 5.74) is 16.8. The average Bonchev–Trinajstić information content (AvgIpc) is 3.72. The number of nitrogens with zero attached hydrogens (tertiary/aromatic N) is 1. The van der Waals surface area contributed by atoms with E-state index >= 15 is 0 Å². The molecule has 8 aromatic rings. The van der Waals surface area contributed by atoms with Gasteiger partial charge in [-0.25, -0.2) is 0 Å². The van der Waals surface area contributed by atoms with Crippen LogP contribution in [0.5, 0.6) is 0 Å². The van der Waals surface area contributed by atoms with E-state index in [0.717, 1.165) is 5.69 Å². The van der Waals surface area contributed by atoms with Crippen LogP contribution in [-0.2, 0) is 10.8 Å². The Labute approximate surface area is 305 Å². The van der Waals surface area contributed by atoms with E-state index in [0.29, 0.717) is 0 Å². The average molecular weight is 676 g/mol. The zero-order valence-corrected chi connectivity index (χ0v) is 29.6. The van der Waals surface area contributed by atoms with E-state index in [1.807, 2.05) is 11.3 Å². The van der Waals surface area contributed by atoms with Crippen LogP contribution >= 0.6 is 11.3 Å². The lowest BCUT2D eigenvalue weighted by molar-refractivity contribution is 0.660. The van der Waals surface area contributed by atoms with E-state index in [-0.39, 0.29) is 18.3 Å². The largest absolute Gasteiger partial charge is 0.310 e. The van der Waals surface area contributed by atoms with E-state index in [2.05, 4.69) is 184 Å². The summed E-state index contributed by atoms with van der Waals surface area (Å²) in [6.45, 7) is 9.44. The van der Waals surface area contributed by atoms with Gasteiger partial charge in [-0.3, -0.25) is 0 Å². The second-order valence-corrected chi connectivity index (χ2v) is 16.0. The Hall–Kier alpha value is -5.44. The van der Waals surface area contributed by atoms with Gasteiger partial charge >= 0.3 is 0 Å². The monoisotopic (exact) mass is 675 g/mol. The molecule has 248 valence electrons. The van der Waals surface area contributed by atoms with E-state index < -0.39 is 0 Å². The Bertz CT molecular complexity index is 2650. The zero-order valence-electron chi connectivity index (χ0n) is 28.8. The van der Waals surface area contributed by atoms with Crippen molar-refractivity contribution >= 4 is 48.6 Å². The molecule has 0 N–H and O–H groups in total.